The summed E-state index contributed by atoms with van der Waals surface area (Å²) >= 11 is 5.12. The molecule has 0 amide bonds. The normalized spacial score (nSPS) is 10.3. The van der Waals surface area contributed by atoms with E-state index >= 15 is 0 Å². The molecule has 1 aromatic heterocycles. The van der Waals surface area contributed by atoms with Crippen LogP contribution in [0.4, 0.5) is 10.1 Å². The second-order valence-corrected chi connectivity index (χ2v) is 5.07. The summed E-state index contributed by atoms with van der Waals surface area (Å²) in [6, 6.07) is 15.8. The van der Waals surface area contributed by atoms with Gasteiger partial charge in [-0.1, -0.05) is 47.6 Å². The van der Waals surface area contributed by atoms with Crippen LogP contribution in [-0.4, -0.2) is 15.3 Å². The van der Waals surface area contributed by atoms with E-state index in [0.717, 1.165) is 5.56 Å². The number of hydrogen-bond donors (Lipinski definition) is 2. The van der Waals surface area contributed by atoms with Gasteiger partial charge in [-0.2, -0.15) is 4.98 Å². The number of halogens is 1. The second-order valence-electron chi connectivity index (χ2n) is 4.67. The first kappa shape index (κ1) is 15.1. The maximum Gasteiger partial charge on any atom is 0.246 e. The number of aromatic nitrogens is 2. The van der Waals surface area contributed by atoms with Crippen molar-refractivity contribution in [2.24, 2.45) is 0 Å². The predicted octanol–water partition coefficient (Wildman–Crippen LogP) is 3.36. The summed E-state index contributed by atoms with van der Waals surface area (Å²) in [6.45, 7) is 0.250. The molecule has 0 saturated heterocycles. The first-order valence-electron chi connectivity index (χ1n) is 6.90. The molecule has 2 N–H and O–H groups in total. The van der Waals surface area contributed by atoms with Crippen LogP contribution in [0.5, 0.6) is 0 Å². The van der Waals surface area contributed by atoms with E-state index in [1.807, 2.05) is 30.3 Å². The van der Waals surface area contributed by atoms with Gasteiger partial charge in [0.25, 0.3) is 0 Å². The van der Waals surface area contributed by atoms with Crippen molar-refractivity contribution < 1.29 is 8.91 Å². The molecular formula is C16H13FN4OS. The van der Waals surface area contributed by atoms with Crippen LogP contribution in [0.25, 0.3) is 11.4 Å². The van der Waals surface area contributed by atoms with Gasteiger partial charge in [0, 0.05) is 5.56 Å². The molecule has 0 saturated carbocycles. The number of thiocarbonyl (C=S) groups is 1. The molecule has 2 aromatic carbocycles. The Morgan fingerprint density at radius 2 is 1.83 bits per heavy atom. The fourth-order valence-corrected chi connectivity index (χ4v) is 2.10. The van der Waals surface area contributed by atoms with Crippen LogP contribution in [0.3, 0.4) is 0 Å². The lowest BCUT2D eigenvalue weighted by Gasteiger charge is -2.09. The van der Waals surface area contributed by atoms with E-state index in [1.165, 1.54) is 6.07 Å². The van der Waals surface area contributed by atoms with Crippen molar-refractivity contribution in [1.29, 1.82) is 0 Å². The number of rotatable bonds is 4. The Labute approximate surface area is 137 Å². The third kappa shape index (κ3) is 3.89. The molecule has 0 bridgehead atoms. The SMILES string of the molecule is Fc1ccccc1NC(=S)NCc1nc(-c2ccccc2)no1. The van der Waals surface area contributed by atoms with Crippen LogP contribution in [-0.2, 0) is 6.54 Å². The van der Waals surface area contributed by atoms with E-state index in [9.17, 15) is 4.39 Å². The topological polar surface area (TPSA) is 63.0 Å². The first-order valence-corrected chi connectivity index (χ1v) is 7.30. The number of nitrogens with zero attached hydrogens (tertiary/aromatic N) is 2. The van der Waals surface area contributed by atoms with Gasteiger partial charge >= 0.3 is 0 Å². The van der Waals surface area contributed by atoms with Crippen molar-refractivity contribution in [3.05, 3.63) is 66.3 Å². The average molecular weight is 328 g/mol. The lowest BCUT2D eigenvalue weighted by molar-refractivity contribution is 0.376. The summed E-state index contributed by atoms with van der Waals surface area (Å²) in [4.78, 5) is 4.28. The quantitative estimate of drug-likeness (QED) is 0.716. The molecule has 3 rings (SSSR count). The Hall–Kier alpha value is -2.80. The largest absolute Gasteiger partial charge is 0.353 e. The van der Waals surface area contributed by atoms with Crippen LogP contribution in [0.15, 0.2) is 59.1 Å². The molecule has 0 spiro atoms. The minimum atomic E-state index is -0.374. The zero-order valence-electron chi connectivity index (χ0n) is 12.0. The Morgan fingerprint density at radius 3 is 2.61 bits per heavy atom. The summed E-state index contributed by atoms with van der Waals surface area (Å²) < 4.78 is 18.7. The Bertz CT molecular complexity index is 807. The predicted molar refractivity (Wildman–Crippen MR) is 89.2 cm³/mol. The van der Waals surface area contributed by atoms with Gasteiger partial charge < -0.3 is 15.2 Å². The second kappa shape index (κ2) is 6.97. The van der Waals surface area contributed by atoms with Gasteiger partial charge in [0.2, 0.25) is 11.7 Å². The fraction of sp³-hybridized carbons (Fsp3) is 0.0625. The highest BCUT2D eigenvalue weighted by Crippen LogP contribution is 2.15. The Balaban J connectivity index is 1.58. The lowest BCUT2D eigenvalue weighted by atomic mass is 10.2. The minimum absolute atomic E-state index is 0.250. The summed E-state index contributed by atoms with van der Waals surface area (Å²) in [5.41, 5.74) is 1.18. The molecule has 0 fully saturated rings. The average Bonchev–Trinajstić information content (AvgIpc) is 3.05. The van der Waals surface area contributed by atoms with Gasteiger partial charge in [-0.3, -0.25) is 0 Å². The van der Waals surface area contributed by atoms with Crippen molar-refractivity contribution >= 4 is 23.0 Å². The van der Waals surface area contributed by atoms with E-state index in [2.05, 4.69) is 20.8 Å². The van der Waals surface area contributed by atoms with Gasteiger partial charge in [0.1, 0.15) is 5.82 Å². The van der Waals surface area contributed by atoms with Crippen molar-refractivity contribution in [2.75, 3.05) is 5.32 Å². The van der Waals surface area contributed by atoms with E-state index < -0.39 is 0 Å². The molecule has 7 heteroatoms. The molecule has 5 nitrogen and oxygen atoms in total. The fourth-order valence-electron chi connectivity index (χ4n) is 1.92. The molecular weight excluding hydrogens is 315 g/mol. The molecule has 3 aromatic rings. The molecule has 0 aliphatic heterocycles. The molecule has 23 heavy (non-hydrogen) atoms. The summed E-state index contributed by atoms with van der Waals surface area (Å²) in [5, 5.41) is 9.86. The van der Waals surface area contributed by atoms with Crippen LogP contribution in [0, 0.1) is 5.82 Å². The van der Waals surface area contributed by atoms with Crippen LogP contribution < -0.4 is 10.6 Å². The van der Waals surface area contributed by atoms with Gasteiger partial charge in [-0.15, -0.1) is 0 Å². The van der Waals surface area contributed by atoms with Gasteiger partial charge in [-0.25, -0.2) is 4.39 Å². The van der Waals surface area contributed by atoms with Crippen LogP contribution >= 0.6 is 12.2 Å². The zero-order chi connectivity index (χ0) is 16.1. The molecule has 116 valence electrons. The third-order valence-corrected chi connectivity index (χ3v) is 3.27. The molecule has 0 aliphatic carbocycles. The smallest absolute Gasteiger partial charge is 0.246 e. The standard InChI is InChI=1S/C16H13FN4OS/c17-12-8-4-5-9-13(12)19-16(23)18-10-14-20-15(21-22-14)11-6-2-1-3-7-11/h1-9H,10H2,(H2,18,19,23). The Morgan fingerprint density at radius 1 is 1.09 bits per heavy atom. The first-order chi connectivity index (χ1) is 11.2. The minimum Gasteiger partial charge on any atom is -0.353 e. The van der Waals surface area contributed by atoms with Gasteiger partial charge in [-0.05, 0) is 24.4 Å². The zero-order valence-corrected chi connectivity index (χ0v) is 12.8. The summed E-state index contributed by atoms with van der Waals surface area (Å²) in [7, 11) is 0. The number of anilines is 1. The van der Waals surface area contributed by atoms with Crippen molar-refractivity contribution in [3.63, 3.8) is 0 Å². The monoisotopic (exact) mass is 328 g/mol. The molecule has 0 unspecified atom stereocenters. The maximum atomic E-state index is 13.5. The molecule has 0 radical (unpaired) electrons. The van der Waals surface area contributed by atoms with Gasteiger partial charge in [0.05, 0.1) is 12.2 Å². The van der Waals surface area contributed by atoms with Gasteiger partial charge in [0.15, 0.2) is 5.11 Å². The highest BCUT2D eigenvalue weighted by molar-refractivity contribution is 7.80. The highest BCUT2D eigenvalue weighted by atomic mass is 32.1. The van der Waals surface area contributed by atoms with Crippen molar-refractivity contribution in [2.45, 2.75) is 6.54 Å². The van der Waals surface area contributed by atoms with E-state index in [-0.39, 0.29) is 17.5 Å². The number of hydrogen-bond acceptors (Lipinski definition) is 4. The third-order valence-electron chi connectivity index (χ3n) is 3.02. The van der Waals surface area contributed by atoms with Crippen LogP contribution in [0.1, 0.15) is 5.89 Å². The number of para-hydroxylation sites is 1. The number of benzene rings is 2. The summed E-state index contributed by atoms with van der Waals surface area (Å²) in [6.07, 6.45) is 0. The molecule has 0 aliphatic rings. The van der Waals surface area contributed by atoms with E-state index in [4.69, 9.17) is 16.7 Å². The van der Waals surface area contributed by atoms with E-state index in [1.54, 1.807) is 18.2 Å². The van der Waals surface area contributed by atoms with Crippen molar-refractivity contribution in [3.8, 4) is 11.4 Å². The summed E-state index contributed by atoms with van der Waals surface area (Å²) in [5.74, 6) is 0.526. The number of nitrogens with one attached hydrogen (secondary N) is 2. The van der Waals surface area contributed by atoms with E-state index in [0.29, 0.717) is 17.4 Å². The van der Waals surface area contributed by atoms with Crippen molar-refractivity contribution in [1.82, 2.24) is 15.5 Å². The molecule has 0 atom stereocenters. The maximum absolute atomic E-state index is 13.5. The lowest BCUT2D eigenvalue weighted by Crippen LogP contribution is -2.28. The highest BCUT2D eigenvalue weighted by Gasteiger charge is 2.09. The van der Waals surface area contributed by atoms with Crippen LogP contribution in [0.2, 0.25) is 0 Å². The Kier molecular flexibility index (Phi) is 4.58. The molecule has 1 heterocycles.